The van der Waals surface area contributed by atoms with Gasteiger partial charge in [0.05, 0.1) is 24.8 Å². The maximum atomic E-state index is 12.7. The third-order valence-electron chi connectivity index (χ3n) is 4.37. The minimum absolute atomic E-state index is 0.0634. The highest BCUT2D eigenvalue weighted by atomic mass is 32.2. The van der Waals surface area contributed by atoms with Gasteiger partial charge in [0.2, 0.25) is 0 Å². The van der Waals surface area contributed by atoms with E-state index in [4.69, 9.17) is 9.47 Å². The molecule has 0 atom stereocenters. The largest absolute Gasteiger partial charge is 0.497 e. The summed E-state index contributed by atoms with van der Waals surface area (Å²) in [6.45, 7) is 1.86. The van der Waals surface area contributed by atoms with Gasteiger partial charge in [-0.05, 0) is 73.2 Å². The van der Waals surface area contributed by atoms with Crippen LogP contribution in [-0.4, -0.2) is 28.5 Å². The first-order valence-electron chi connectivity index (χ1n) is 9.05. The first-order valence-corrected chi connectivity index (χ1v) is 10.5. The predicted octanol–water partition coefficient (Wildman–Crippen LogP) is 4.07. The third kappa shape index (κ3) is 4.90. The Hall–Kier alpha value is -3.52. The van der Waals surface area contributed by atoms with Crippen LogP contribution in [0.2, 0.25) is 0 Å². The zero-order chi connectivity index (χ0) is 21.7. The second kappa shape index (κ2) is 8.87. The van der Waals surface area contributed by atoms with Crippen molar-refractivity contribution in [2.45, 2.75) is 11.8 Å². The van der Waals surface area contributed by atoms with Crippen LogP contribution in [0.1, 0.15) is 15.9 Å². The Morgan fingerprint density at radius 3 is 2.13 bits per heavy atom. The van der Waals surface area contributed by atoms with Gasteiger partial charge in [-0.1, -0.05) is 6.07 Å². The van der Waals surface area contributed by atoms with E-state index in [0.29, 0.717) is 28.4 Å². The molecule has 0 heterocycles. The van der Waals surface area contributed by atoms with Gasteiger partial charge >= 0.3 is 0 Å². The molecule has 0 bridgehead atoms. The summed E-state index contributed by atoms with van der Waals surface area (Å²) in [4.78, 5) is 12.4. The minimum atomic E-state index is -3.82. The SMILES string of the molecule is COc1ccc(C(=O)Nc2ccc(S(=O)(=O)Nc3cc(C)ccc3OC)cc2)cc1. The molecule has 0 aliphatic carbocycles. The molecule has 0 radical (unpaired) electrons. The Kier molecular flexibility index (Phi) is 6.27. The fourth-order valence-electron chi connectivity index (χ4n) is 2.77. The Morgan fingerprint density at radius 1 is 0.867 bits per heavy atom. The predicted molar refractivity (Wildman–Crippen MR) is 116 cm³/mol. The number of methoxy groups -OCH3 is 2. The normalized spacial score (nSPS) is 10.9. The van der Waals surface area contributed by atoms with Crippen LogP contribution in [0.15, 0.2) is 71.6 Å². The van der Waals surface area contributed by atoms with Gasteiger partial charge in [-0.2, -0.15) is 0 Å². The molecule has 0 saturated carbocycles. The Bertz CT molecular complexity index is 1140. The summed E-state index contributed by atoms with van der Waals surface area (Å²) in [6.07, 6.45) is 0. The third-order valence-corrected chi connectivity index (χ3v) is 5.76. The fraction of sp³-hybridized carbons (Fsp3) is 0.136. The highest BCUT2D eigenvalue weighted by Gasteiger charge is 2.17. The molecule has 0 aliphatic rings. The van der Waals surface area contributed by atoms with Crippen LogP contribution >= 0.6 is 0 Å². The number of nitrogens with one attached hydrogen (secondary N) is 2. The number of carbonyl (C=O) groups is 1. The average Bonchev–Trinajstić information content (AvgIpc) is 2.74. The van der Waals surface area contributed by atoms with Gasteiger partial charge in [0.15, 0.2) is 0 Å². The van der Waals surface area contributed by atoms with Gasteiger partial charge in [0, 0.05) is 11.3 Å². The Labute approximate surface area is 175 Å². The number of sulfonamides is 1. The summed E-state index contributed by atoms with van der Waals surface area (Å²) >= 11 is 0. The van der Waals surface area contributed by atoms with Crippen LogP contribution in [0.3, 0.4) is 0 Å². The van der Waals surface area contributed by atoms with E-state index < -0.39 is 10.0 Å². The number of rotatable bonds is 7. The van der Waals surface area contributed by atoms with E-state index in [0.717, 1.165) is 5.56 Å². The topological polar surface area (TPSA) is 93.7 Å². The van der Waals surface area contributed by atoms with Crippen molar-refractivity contribution in [1.82, 2.24) is 0 Å². The van der Waals surface area contributed by atoms with E-state index in [1.54, 1.807) is 43.5 Å². The first-order chi connectivity index (χ1) is 14.3. The van der Waals surface area contributed by atoms with Crippen LogP contribution in [0.4, 0.5) is 11.4 Å². The van der Waals surface area contributed by atoms with Crippen molar-refractivity contribution < 1.29 is 22.7 Å². The van der Waals surface area contributed by atoms with Crippen molar-refractivity contribution in [3.8, 4) is 11.5 Å². The van der Waals surface area contributed by atoms with E-state index in [-0.39, 0.29) is 10.8 Å². The molecular weight excluding hydrogens is 404 g/mol. The molecule has 0 spiro atoms. The summed E-state index contributed by atoms with van der Waals surface area (Å²) in [5.74, 6) is 0.766. The van der Waals surface area contributed by atoms with E-state index in [2.05, 4.69) is 10.0 Å². The smallest absolute Gasteiger partial charge is 0.262 e. The molecule has 8 heteroatoms. The first kappa shape index (κ1) is 21.2. The number of aryl methyl sites for hydroxylation is 1. The summed E-state index contributed by atoms with van der Waals surface area (Å²) in [5, 5.41) is 2.73. The molecule has 0 unspecified atom stereocenters. The quantitative estimate of drug-likeness (QED) is 0.594. The number of anilines is 2. The van der Waals surface area contributed by atoms with E-state index in [1.165, 1.54) is 31.4 Å². The van der Waals surface area contributed by atoms with Crippen molar-refractivity contribution in [2.75, 3.05) is 24.3 Å². The lowest BCUT2D eigenvalue weighted by atomic mass is 10.2. The van der Waals surface area contributed by atoms with Crippen molar-refractivity contribution in [3.05, 3.63) is 77.9 Å². The Balaban J connectivity index is 1.74. The molecule has 156 valence electrons. The van der Waals surface area contributed by atoms with E-state index in [9.17, 15) is 13.2 Å². The number of benzene rings is 3. The van der Waals surface area contributed by atoms with Crippen molar-refractivity contribution in [1.29, 1.82) is 0 Å². The molecule has 3 rings (SSSR count). The lowest BCUT2D eigenvalue weighted by Crippen LogP contribution is -2.14. The second-order valence-corrected chi connectivity index (χ2v) is 8.20. The lowest BCUT2D eigenvalue weighted by Gasteiger charge is -2.13. The van der Waals surface area contributed by atoms with Gasteiger partial charge in [-0.3, -0.25) is 9.52 Å². The van der Waals surface area contributed by atoms with Gasteiger partial charge in [-0.25, -0.2) is 8.42 Å². The van der Waals surface area contributed by atoms with E-state index >= 15 is 0 Å². The average molecular weight is 426 g/mol. The molecule has 3 aromatic carbocycles. The molecule has 1 amide bonds. The zero-order valence-corrected chi connectivity index (χ0v) is 17.6. The van der Waals surface area contributed by atoms with Crippen LogP contribution in [0, 0.1) is 6.92 Å². The van der Waals surface area contributed by atoms with Crippen LogP contribution < -0.4 is 19.5 Å². The van der Waals surface area contributed by atoms with Crippen molar-refractivity contribution >= 4 is 27.3 Å². The van der Waals surface area contributed by atoms with Gasteiger partial charge < -0.3 is 14.8 Å². The number of hydrogen-bond donors (Lipinski definition) is 2. The second-order valence-electron chi connectivity index (χ2n) is 6.52. The van der Waals surface area contributed by atoms with Gasteiger partial charge in [0.1, 0.15) is 11.5 Å². The summed E-state index contributed by atoms with van der Waals surface area (Å²) in [5.41, 5.74) is 2.18. The van der Waals surface area contributed by atoms with Crippen LogP contribution in [0.5, 0.6) is 11.5 Å². The molecule has 30 heavy (non-hydrogen) atoms. The maximum absolute atomic E-state index is 12.7. The molecule has 2 N–H and O–H groups in total. The fourth-order valence-corrected chi connectivity index (χ4v) is 3.83. The minimum Gasteiger partial charge on any atom is -0.497 e. The summed E-state index contributed by atoms with van der Waals surface area (Å²) in [6, 6.07) is 17.8. The molecule has 0 aromatic heterocycles. The standard InChI is InChI=1S/C22H22N2O5S/c1-15-4-13-21(29-3)20(14-15)24-30(26,27)19-11-7-17(8-12-19)23-22(25)16-5-9-18(28-2)10-6-16/h4-14,24H,1-3H3,(H,23,25). The van der Waals surface area contributed by atoms with Gasteiger partial charge in [-0.15, -0.1) is 0 Å². The zero-order valence-electron chi connectivity index (χ0n) is 16.8. The number of hydrogen-bond acceptors (Lipinski definition) is 5. The molecule has 0 aliphatic heterocycles. The maximum Gasteiger partial charge on any atom is 0.262 e. The molecule has 0 saturated heterocycles. The number of amides is 1. The van der Waals surface area contributed by atoms with E-state index in [1.807, 2.05) is 13.0 Å². The van der Waals surface area contributed by atoms with Crippen molar-refractivity contribution in [3.63, 3.8) is 0 Å². The molecular formula is C22H22N2O5S. The monoisotopic (exact) mass is 426 g/mol. The molecule has 3 aromatic rings. The molecule has 7 nitrogen and oxygen atoms in total. The highest BCUT2D eigenvalue weighted by molar-refractivity contribution is 7.92. The van der Waals surface area contributed by atoms with Crippen molar-refractivity contribution in [2.24, 2.45) is 0 Å². The van der Waals surface area contributed by atoms with Crippen LogP contribution in [-0.2, 0) is 10.0 Å². The number of carbonyl (C=O) groups excluding carboxylic acids is 1. The van der Waals surface area contributed by atoms with Gasteiger partial charge in [0.25, 0.3) is 15.9 Å². The molecule has 0 fully saturated rings. The number of ether oxygens (including phenoxy) is 2. The Morgan fingerprint density at radius 2 is 1.53 bits per heavy atom. The van der Waals surface area contributed by atoms with Crippen LogP contribution in [0.25, 0.3) is 0 Å². The highest BCUT2D eigenvalue weighted by Crippen LogP contribution is 2.28. The summed E-state index contributed by atoms with van der Waals surface area (Å²) < 4.78 is 38.3. The lowest BCUT2D eigenvalue weighted by molar-refractivity contribution is 0.102. The summed E-state index contributed by atoms with van der Waals surface area (Å²) in [7, 11) is -0.799.